The van der Waals surface area contributed by atoms with E-state index in [1.54, 1.807) is 0 Å². The number of fused-ring (bicyclic) bond motifs is 1. The van der Waals surface area contributed by atoms with E-state index in [0.717, 1.165) is 38.9 Å². The lowest BCUT2D eigenvalue weighted by Gasteiger charge is -2.17. The first-order valence-electron chi connectivity index (χ1n) is 10.8. The highest BCUT2D eigenvalue weighted by Crippen LogP contribution is 2.32. The summed E-state index contributed by atoms with van der Waals surface area (Å²) in [5.74, 6) is 0.912. The summed E-state index contributed by atoms with van der Waals surface area (Å²) < 4.78 is 4.07. The highest BCUT2D eigenvalue weighted by Gasteiger charge is 2.33. The highest BCUT2D eigenvalue weighted by molar-refractivity contribution is 7.13. The largest absolute Gasteiger partial charge is 0.327 e. The molecule has 0 radical (unpaired) electrons. The minimum Gasteiger partial charge on any atom is -0.327 e. The maximum Gasteiger partial charge on any atom is 0.274 e. The molecule has 0 saturated heterocycles. The molecule has 2 aromatic carbocycles. The highest BCUT2D eigenvalue weighted by atomic mass is 32.1. The first-order chi connectivity index (χ1) is 16.2. The molecule has 4 heterocycles. The average Bonchev–Trinajstić information content (AvgIpc) is 3.63. The Morgan fingerprint density at radius 1 is 0.939 bits per heavy atom. The second-order valence-electron chi connectivity index (χ2n) is 8.10. The number of benzene rings is 2. The Labute approximate surface area is 195 Å². The van der Waals surface area contributed by atoms with E-state index >= 15 is 0 Å². The Morgan fingerprint density at radius 3 is 2.48 bits per heavy atom. The second-order valence-corrected chi connectivity index (χ2v) is 8.96. The molecule has 7 heteroatoms. The monoisotopic (exact) mass is 451 g/mol. The van der Waals surface area contributed by atoms with Gasteiger partial charge in [-0.3, -0.25) is 4.79 Å². The van der Waals surface area contributed by atoms with Gasteiger partial charge in [-0.05, 0) is 30.7 Å². The van der Waals surface area contributed by atoms with Gasteiger partial charge < -0.3 is 9.47 Å². The lowest BCUT2D eigenvalue weighted by Crippen LogP contribution is -2.26. The van der Waals surface area contributed by atoms with E-state index in [-0.39, 0.29) is 5.91 Å². The van der Waals surface area contributed by atoms with Crippen molar-refractivity contribution in [2.45, 2.75) is 20.0 Å². The van der Waals surface area contributed by atoms with Crippen molar-refractivity contribution >= 4 is 17.2 Å². The number of rotatable bonds is 4. The first kappa shape index (κ1) is 19.7. The molecule has 0 fully saturated rings. The minimum atomic E-state index is -0.0627. The molecule has 6 rings (SSSR count). The molecule has 0 atom stereocenters. The van der Waals surface area contributed by atoms with Crippen LogP contribution in [0, 0.1) is 6.92 Å². The maximum atomic E-state index is 13.3. The van der Waals surface area contributed by atoms with Crippen LogP contribution in [0.4, 0.5) is 0 Å². The molecule has 1 aliphatic heterocycles. The average molecular weight is 452 g/mol. The number of nitrogens with zero attached hydrogens (tertiary/aromatic N) is 5. The lowest BCUT2D eigenvalue weighted by molar-refractivity contribution is 0.0744. The Kier molecular flexibility index (Phi) is 4.69. The summed E-state index contributed by atoms with van der Waals surface area (Å²) in [7, 11) is 0. The van der Waals surface area contributed by atoms with Gasteiger partial charge in [0.25, 0.3) is 5.91 Å². The molecule has 1 amide bonds. The number of para-hydroxylation sites is 1. The summed E-state index contributed by atoms with van der Waals surface area (Å²) in [5, 5.41) is 7.64. The van der Waals surface area contributed by atoms with Crippen LogP contribution in [0.25, 0.3) is 22.1 Å². The van der Waals surface area contributed by atoms with Gasteiger partial charge in [0.2, 0.25) is 0 Å². The molecule has 0 aliphatic carbocycles. The van der Waals surface area contributed by atoms with Gasteiger partial charge in [-0.2, -0.15) is 5.10 Å². The molecule has 3 aromatic heterocycles. The van der Waals surface area contributed by atoms with Crippen LogP contribution in [-0.2, 0) is 13.1 Å². The van der Waals surface area contributed by atoms with Crippen molar-refractivity contribution in [2.75, 3.05) is 0 Å². The number of carbonyl (C=O) groups excluding carboxylic acids is 1. The molecule has 0 N–H and O–H groups in total. The Bertz CT molecular complexity index is 1450. The van der Waals surface area contributed by atoms with Crippen molar-refractivity contribution in [1.29, 1.82) is 0 Å². The van der Waals surface area contributed by atoms with Crippen molar-refractivity contribution in [3.8, 4) is 22.1 Å². The fourth-order valence-electron chi connectivity index (χ4n) is 4.30. The fraction of sp³-hybridized carbons (Fsp3) is 0.115. The Morgan fingerprint density at radius 2 is 1.70 bits per heavy atom. The number of hydrogen-bond donors (Lipinski definition) is 0. The summed E-state index contributed by atoms with van der Waals surface area (Å²) in [6.07, 6.45) is 4.03. The van der Waals surface area contributed by atoms with Gasteiger partial charge in [0.05, 0.1) is 24.5 Å². The fourth-order valence-corrected chi connectivity index (χ4v) is 5.10. The molecule has 5 aromatic rings. The van der Waals surface area contributed by atoms with Crippen LogP contribution < -0.4 is 0 Å². The number of amides is 1. The van der Waals surface area contributed by atoms with Crippen LogP contribution in [0.2, 0.25) is 0 Å². The zero-order valence-corrected chi connectivity index (χ0v) is 18.9. The second kappa shape index (κ2) is 7.86. The topological polar surface area (TPSA) is 56.0 Å². The number of aryl methyl sites for hydroxylation is 1. The molecule has 162 valence electrons. The summed E-state index contributed by atoms with van der Waals surface area (Å²) >= 11 is 1.50. The van der Waals surface area contributed by atoms with Crippen molar-refractivity contribution < 1.29 is 4.79 Å². The van der Waals surface area contributed by atoms with Crippen molar-refractivity contribution in [1.82, 2.24) is 24.2 Å². The molecule has 0 bridgehead atoms. The van der Waals surface area contributed by atoms with Crippen LogP contribution >= 0.6 is 11.3 Å². The standard InChI is InChI=1S/C26H21N5OS/c1-18-9-5-6-12-23(18)31-25(29-13-7-8-14-29)20-15-30(16-21(20)28-31)26(32)22-17-33-24(27-22)19-10-3-2-4-11-19/h2-14,17H,15-16H2,1H3. The molecule has 0 spiro atoms. The quantitative estimate of drug-likeness (QED) is 0.375. The molecule has 0 unspecified atom stereocenters. The summed E-state index contributed by atoms with van der Waals surface area (Å²) in [4.78, 5) is 19.7. The Hall–Kier alpha value is -3.97. The van der Waals surface area contributed by atoms with Gasteiger partial charge in [0.15, 0.2) is 0 Å². The van der Waals surface area contributed by atoms with Gasteiger partial charge in [0, 0.05) is 28.9 Å². The van der Waals surface area contributed by atoms with Crippen molar-refractivity contribution in [2.24, 2.45) is 0 Å². The molecule has 1 aliphatic rings. The van der Waals surface area contributed by atoms with Crippen LogP contribution in [-0.4, -0.2) is 30.1 Å². The van der Waals surface area contributed by atoms with E-state index in [1.807, 2.05) is 82.0 Å². The maximum absolute atomic E-state index is 13.3. The normalized spacial score (nSPS) is 12.8. The third-order valence-corrected chi connectivity index (χ3v) is 6.84. The number of carbonyl (C=O) groups is 1. The van der Waals surface area contributed by atoms with Gasteiger partial charge >= 0.3 is 0 Å². The molecule has 0 saturated carbocycles. The van der Waals surface area contributed by atoms with Crippen molar-refractivity contribution in [3.63, 3.8) is 0 Å². The number of aromatic nitrogens is 4. The van der Waals surface area contributed by atoms with E-state index in [0.29, 0.717) is 18.8 Å². The van der Waals surface area contributed by atoms with Crippen LogP contribution in [0.1, 0.15) is 27.3 Å². The zero-order valence-electron chi connectivity index (χ0n) is 18.0. The van der Waals surface area contributed by atoms with Crippen LogP contribution in [0.5, 0.6) is 0 Å². The SMILES string of the molecule is Cc1ccccc1-n1nc2c(c1-n1cccc1)CN(C(=O)c1csc(-c3ccccc3)n1)C2. The van der Waals surface area contributed by atoms with Gasteiger partial charge in [-0.1, -0.05) is 48.5 Å². The summed E-state index contributed by atoms with van der Waals surface area (Å²) in [6, 6.07) is 22.2. The van der Waals surface area contributed by atoms with Gasteiger partial charge in [-0.15, -0.1) is 11.3 Å². The van der Waals surface area contributed by atoms with E-state index in [9.17, 15) is 4.79 Å². The van der Waals surface area contributed by atoms with E-state index in [4.69, 9.17) is 5.10 Å². The summed E-state index contributed by atoms with van der Waals surface area (Å²) in [6.45, 7) is 3.06. The molecular weight excluding hydrogens is 430 g/mol. The Balaban J connectivity index is 1.34. The lowest BCUT2D eigenvalue weighted by atomic mass is 10.2. The predicted molar refractivity (Wildman–Crippen MR) is 129 cm³/mol. The van der Waals surface area contributed by atoms with Crippen LogP contribution in [0.15, 0.2) is 84.5 Å². The molecule has 33 heavy (non-hydrogen) atoms. The third kappa shape index (κ3) is 3.37. The van der Waals surface area contributed by atoms with Crippen LogP contribution in [0.3, 0.4) is 0 Å². The van der Waals surface area contributed by atoms with E-state index in [1.165, 1.54) is 11.3 Å². The summed E-state index contributed by atoms with van der Waals surface area (Å²) in [5.41, 5.74) is 5.69. The minimum absolute atomic E-state index is 0.0627. The molecule has 6 nitrogen and oxygen atoms in total. The molecular formula is C26H21N5OS. The van der Waals surface area contributed by atoms with E-state index in [2.05, 4.69) is 28.6 Å². The van der Waals surface area contributed by atoms with Gasteiger partial charge in [-0.25, -0.2) is 9.67 Å². The number of thiazole rings is 1. The smallest absolute Gasteiger partial charge is 0.274 e. The first-order valence-corrected chi connectivity index (χ1v) is 11.7. The number of hydrogen-bond acceptors (Lipinski definition) is 4. The van der Waals surface area contributed by atoms with Gasteiger partial charge in [0.1, 0.15) is 16.5 Å². The third-order valence-electron chi connectivity index (χ3n) is 5.95. The van der Waals surface area contributed by atoms with Crippen molar-refractivity contribution in [3.05, 3.63) is 107 Å². The van der Waals surface area contributed by atoms with E-state index < -0.39 is 0 Å². The zero-order chi connectivity index (χ0) is 22.4. The predicted octanol–water partition coefficient (Wildman–Crippen LogP) is 5.25.